The molecule has 0 aliphatic carbocycles. The van der Waals surface area contributed by atoms with E-state index < -0.39 is 6.10 Å². The van der Waals surface area contributed by atoms with Gasteiger partial charge in [-0.25, -0.2) is 4.98 Å². The number of hydrogen-bond donors (Lipinski definition) is 2. The van der Waals surface area contributed by atoms with E-state index in [2.05, 4.69) is 10.3 Å². The summed E-state index contributed by atoms with van der Waals surface area (Å²) in [5, 5.41) is 16.4. The average Bonchev–Trinajstić information content (AvgIpc) is 2.89. The van der Waals surface area contributed by atoms with Crippen LogP contribution < -0.4 is 5.32 Å². The molecule has 0 aromatic carbocycles. The minimum atomic E-state index is -0.709. The predicted molar refractivity (Wildman–Crippen MR) is 70.9 cm³/mol. The summed E-state index contributed by atoms with van der Waals surface area (Å²) in [7, 11) is 0. The van der Waals surface area contributed by atoms with E-state index >= 15 is 0 Å². The third-order valence-corrected chi connectivity index (χ3v) is 3.24. The largest absolute Gasteiger partial charge is 0.387 e. The summed E-state index contributed by atoms with van der Waals surface area (Å²) >= 11 is 7.19. The molecule has 2 aromatic rings. The van der Waals surface area contributed by atoms with Crippen molar-refractivity contribution >= 4 is 28.8 Å². The van der Waals surface area contributed by atoms with Gasteiger partial charge in [-0.15, -0.1) is 0 Å². The van der Waals surface area contributed by atoms with E-state index in [-0.39, 0.29) is 23.3 Å². The number of carbonyl (C=O) groups is 1. The van der Waals surface area contributed by atoms with E-state index in [4.69, 9.17) is 11.6 Å². The fraction of sp³-hybridized carbons (Fsp3) is 0.167. The Bertz CT molecular complexity index is 531. The first-order valence-corrected chi connectivity index (χ1v) is 6.60. The number of hydrogen-bond acceptors (Lipinski definition) is 4. The molecule has 0 aliphatic rings. The summed E-state index contributed by atoms with van der Waals surface area (Å²) in [6.45, 7) is 0.143. The van der Waals surface area contributed by atoms with Crippen molar-refractivity contribution in [1.82, 2.24) is 10.3 Å². The van der Waals surface area contributed by atoms with Crippen molar-refractivity contribution in [1.29, 1.82) is 0 Å². The van der Waals surface area contributed by atoms with Crippen LogP contribution >= 0.6 is 22.9 Å². The lowest BCUT2D eigenvalue weighted by Gasteiger charge is -2.10. The molecular formula is C12H11ClN2O2S. The zero-order chi connectivity index (χ0) is 13.0. The van der Waals surface area contributed by atoms with E-state index in [1.807, 2.05) is 16.8 Å². The number of nitrogens with one attached hydrogen (secondary N) is 1. The maximum atomic E-state index is 11.7. The van der Waals surface area contributed by atoms with Gasteiger partial charge in [-0.05, 0) is 34.5 Å². The van der Waals surface area contributed by atoms with Crippen LogP contribution in [0.25, 0.3) is 0 Å². The van der Waals surface area contributed by atoms with Crippen LogP contribution in [0.2, 0.25) is 5.15 Å². The normalized spacial score (nSPS) is 12.1. The number of amides is 1. The molecule has 1 atom stereocenters. The number of aromatic nitrogens is 1. The first kappa shape index (κ1) is 13.0. The second-order valence-electron chi connectivity index (χ2n) is 3.63. The molecule has 4 nitrogen and oxygen atoms in total. The molecule has 0 radical (unpaired) electrons. The van der Waals surface area contributed by atoms with E-state index in [9.17, 15) is 9.90 Å². The Balaban J connectivity index is 1.92. The van der Waals surface area contributed by atoms with Gasteiger partial charge in [0.15, 0.2) is 0 Å². The fourth-order valence-electron chi connectivity index (χ4n) is 1.40. The zero-order valence-electron chi connectivity index (χ0n) is 9.34. The molecule has 0 saturated heterocycles. The van der Waals surface area contributed by atoms with Crippen LogP contribution in [0.4, 0.5) is 0 Å². The van der Waals surface area contributed by atoms with Gasteiger partial charge in [-0.2, -0.15) is 11.3 Å². The van der Waals surface area contributed by atoms with Crippen molar-refractivity contribution in [2.45, 2.75) is 6.10 Å². The standard InChI is InChI=1S/C12H11ClN2O2S/c13-11-3-1-2-9(15-11)12(17)14-6-10(16)8-4-5-18-7-8/h1-5,7,10,16H,6H2,(H,14,17). The van der Waals surface area contributed by atoms with Crippen LogP contribution in [0.1, 0.15) is 22.2 Å². The predicted octanol–water partition coefficient (Wildman–Crippen LogP) is 2.26. The first-order chi connectivity index (χ1) is 8.66. The number of thiophene rings is 1. The van der Waals surface area contributed by atoms with Gasteiger partial charge in [0.2, 0.25) is 0 Å². The van der Waals surface area contributed by atoms with Crippen molar-refractivity contribution in [3.05, 3.63) is 51.4 Å². The molecule has 2 heterocycles. The van der Waals surface area contributed by atoms with E-state index in [1.54, 1.807) is 18.2 Å². The summed E-state index contributed by atoms with van der Waals surface area (Å²) in [5.41, 5.74) is 1.03. The van der Waals surface area contributed by atoms with Crippen LogP contribution in [0.3, 0.4) is 0 Å². The summed E-state index contributed by atoms with van der Waals surface area (Å²) in [4.78, 5) is 15.6. The molecule has 0 fully saturated rings. The van der Waals surface area contributed by atoms with Crippen molar-refractivity contribution < 1.29 is 9.90 Å². The number of nitrogens with zero attached hydrogens (tertiary/aromatic N) is 1. The van der Waals surface area contributed by atoms with Crippen LogP contribution in [-0.2, 0) is 0 Å². The number of halogens is 1. The quantitative estimate of drug-likeness (QED) is 0.846. The molecule has 94 valence electrons. The number of carbonyl (C=O) groups excluding carboxylic acids is 1. The maximum absolute atomic E-state index is 11.7. The van der Waals surface area contributed by atoms with Gasteiger partial charge in [-0.3, -0.25) is 4.79 Å². The molecule has 0 bridgehead atoms. The molecular weight excluding hydrogens is 272 g/mol. The molecule has 1 unspecified atom stereocenters. The van der Waals surface area contributed by atoms with Crippen LogP contribution in [-0.4, -0.2) is 22.5 Å². The molecule has 18 heavy (non-hydrogen) atoms. The highest BCUT2D eigenvalue weighted by molar-refractivity contribution is 7.07. The molecule has 2 rings (SSSR count). The number of aliphatic hydroxyl groups is 1. The van der Waals surface area contributed by atoms with Gasteiger partial charge < -0.3 is 10.4 Å². The summed E-state index contributed by atoms with van der Waals surface area (Å²) in [5.74, 6) is -0.355. The number of aliphatic hydroxyl groups excluding tert-OH is 1. The lowest BCUT2D eigenvalue weighted by molar-refractivity contribution is 0.0911. The molecule has 2 aromatic heterocycles. The zero-order valence-corrected chi connectivity index (χ0v) is 10.9. The Hall–Kier alpha value is -1.43. The third kappa shape index (κ3) is 3.29. The topological polar surface area (TPSA) is 62.2 Å². The lowest BCUT2D eigenvalue weighted by atomic mass is 10.2. The van der Waals surface area contributed by atoms with Gasteiger partial charge in [0.05, 0.1) is 6.10 Å². The lowest BCUT2D eigenvalue weighted by Crippen LogP contribution is -2.28. The van der Waals surface area contributed by atoms with Crippen molar-refractivity contribution in [2.75, 3.05) is 6.54 Å². The minimum Gasteiger partial charge on any atom is -0.387 e. The fourth-order valence-corrected chi connectivity index (χ4v) is 2.27. The SMILES string of the molecule is O=C(NCC(O)c1ccsc1)c1cccc(Cl)n1. The molecule has 0 spiro atoms. The second kappa shape index (κ2) is 5.95. The summed E-state index contributed by atoms with van der Waals surface area (Å²) in [6.07, 6.45) is -0.709. The van der Waals surface area contributed by atoms with Gasteiger partial charge in [0.1, 0.15) is 10.8 Å². The van der Waals surface area contributed by atoms with Crippen LogP contribution in [0.5, 0.6) is 0 Å². The Kier molecular flexibility index (Phi) is 4.30. The van der Waals surface area contributed by atoms with Gasteiger partial charge >= 0.3 is 0 Å². The first-order valence-electron chi connectivity index (χ1n) is 5.28. The number of pyridine rings is 1. The Morgan fingerprint density at radius 1 is 1.50 bits per heavy atom. The Labute approximate surface area is 113 Å². The van der Waals surface area contributed by atoms with E-state index in [1.165, 1.54) is 11.3 Å². The van der Waals surface area contributed by atoms with Crippen molar-refractivity contribution in [3.8, 4) is 0 Å². The Morgan fingerprint density at radius 3 is 3.00 bits per heavy atom. The van der Waals surface area contributed by atoms with Crippen LogP contribution in [0, 0.1) is 0 Å². The van der Waals surface area contributed by atoms with Gasteiger partial charge in [-0.1, -0.05) is 17.7 Å². The highest BCUT2D eigenvalue weighted by Gasteiger charge is 2.12. The Morgan fingerprint density at radius 2 is 2.33 bits per heavy atom. The van der Waals surface area contributed by atoms with Crippen LogP contribution in [0.15, 0.2) is 35.0 Å². The van der Waals surface area contributed by atoms with Crippen molar-refractivity contribution in [2.24, 2.45) is 0 Å². The molecule has 6 heteroatoms. The molecule has 1 amide bonds. The van der Waals surface area contributed by atoms with E-state index in [0.29, 0.717) is 0 Å². The van der Waals surface area contributed by atoms with Gasteiger partial charge in [0, 0.05) is 6.54 Å². The molecule has 2 N–H and O–H groups in total. The monoisotopic (exact) mass is 282 g/mol. The van der Waals surface area contributed by atoms with E-state index in [0.717, 1.165) is 5.56 Å². The smallest absolute Gasteiger partial charge is 0.270 e. The number of rotatable bonds is 4. The second-order valence-corrected chi connectivity index (χ2v) is 4.80. The average molecular weight is 283 g/mol. The highest BCUT2D eigenvalue weighted by Crippen LogP contribution is 2.15. The maximum Gasteiger partial charge on any atom is 0.270 e. The summed E-state index contributed by atoms with van der Waals surface area (Å²) in [6, 6.07) is 6.63. The minimum absolute atomic E-state index is 0.143. The third-order valence-electron chi connectivity index (χ3n) is 2.33. The molecule has 0 saturated carbocycles. The summed E-state index contributed by atoms with van der Waals surface area (Å²) < 4.78 is 0. The molecule has 0 aliphatic heterocycles. The van der Waals surface area contributed by atoms with Crippen molar-refractivity contribution in [3.63, 3.8) is 0 Å². The van der Waals surface area contributed by atoms with Gasteiger partial charge in [0.25, 0.3) is 5.91 Å². The highest BCUT2D eigenvalue weighted by atomic mass is 35.5.